The lowest BCUT2D eigenvalue weighted by molar-refractivity contribution is -0.118. The maximum absolute atomic E-state index is 11.0. The lowest BCUT2D eigenvalue weighted by Crippen LogP contribution is -2.07. The molecule has 0 unspecified atom stereocenters. The van der Waals surface area contributed by atoms with Gasteiger partial charge in [0, 0.05) is 18.8 Å². The molecule has 3 nitrogen and oxygen atoms in total. The molecule has 0 fully saturated rings. The van der Waals surface area contributed by atoms with Crippen molar-refractivity contribution in [2.75, 3.05) is 0 Å². The average Bonchev–Trinajstić information content (AvgIpc) is 2.52. The fourth-order valence-corrected chi connectivity index (χ4v) is 1.49. The van der Waals surface area contributed by atoms with Gasteiger partial charge in [0.25, 0.3) is 0 Å². The Labute approximate surface area is 83.1 Å². The van der Waals surface area contributed by atoms with Gasteiger partial charge in [-0.25, -0.2) is 0 Å². The van der Waals surface area contributed by atoms with Crippen LogP contribution in [0, 0.1) is 0 Å². The molecule has 1 heterocycles. The Kier molecular flexibility index (Phi) is 3.63. The first-order valence-corrected chi connectivity index (χ1v) is 4.62. The highest BCUT2D eigenvalue weighted by Crippen LogP contribution is 2.24. The number of carbonyl (C=O) groups is 2. The van der Waals surface area contributed by atoms with Crippen molar-refractivity contribution in [2.45, 2.75) is 32.6 Å². The van der Waals surface area contributed by atoms with Crippen LogP contribution in [0.1, 0.15) is 38.4 Å². The summed E-state index contributed by atoms with van der Waals surface area (Å²) >= 11 is 0. The number of rotatable bonds is 5. The normalized spacial score (nSPS) is 10.5. The first kappa shape index (κ1) is 10.7. The number of hydrogen-bond donors (Lipinski definition) is 0. The summed E-state index contributed by atoms with van der Waals surface area (Å²) in [4.78, 5) is 22.0. The Hall–Kier alpha value is -1.38. The van der Waals surface area contributed by atoms with Gasteiger partial charge in [0.2, 0.25) is 0 Å². The van der Waals surface area contributed by atoms with E-state index < -0.39 is 0 Å². The minimum atomic E-state index is -0.0972. The molecule has 0 aromatic carbocycles. The topological polar surface area (TPSA) is 47.3 Å². The van der Waals surface area contributed by atoms with Gasteiger partial charge in [-0.2, -0.15) is 0 Å². The molecule has 0 aliphatic heterocycles. The van der Waals surface area contributed by atoms with Gasteiger partial charge in [-0.15, -0.1) is 0 Å². The average molecular weight is 194 g/mol. The van der Waals surface area contributed by atoms with Crippen LogP contribution in [0.3, 0.4) is 0 Å². The Balaban J connectivity index is 2.71. The number of hydrogen-bond acceptors (Lipinski definition) is 3. The van der Waals surface area contributed by atoms with Gasteiger partial charge < -0.3 is 14.0 Å². The lowest BCUT2D eigenvalue weighted by Gasteiger charge is -2.10. The first-order chi connectivity index (χ1) is 6.59. The molecular formula is C11H14O3. The van der Waals surface area contributed by atoms with E-state index in [9.17, 15) is 9.59 Å². The fraction of sp³-hybridized carbons (Fsp3) is 0.455. The molecule has 76 valence electrons. The molecular weight excluding hydrogens is 180 g/mol. The zero-order valence-corrected chi connectivity index (χ0v) is 8.45. The molecule has 1 aromatic heterocycles. The minimum absolute atomic E-state index is 0.0765. The summed E-state index contributed by atoms with van der Waals surface area (Å²) < 4.78 is 5.19. The predicted octanol–water partition coefficient (Wildman–Crippen LogP) is 2.32. The van der Waals surface area contributed by atoms with Crippen LogP contribution in [-0.4, -0.2) is 11.6 Å². The zero-order valence-electron chi connectivity index (χ0n) is 8.45. The number of furan rings is 1. The molecule has 1 rings (SSSR count). The standard InChI is InChI=1S/C11H14O3/c1-8(12)6-10(7-9(2)13)11-4-3-5-14-11/h3-5,10H,6-7H2,1-2H3. The van der Waals surface area contributed by atoms with E-state index in [1.165, 1.54) is 13.8 Å². The van der Waals surface area contributed by atoms with E-state index in [2.05, 4.69) is 0 Å². The van der Waals surface area contributed by atoms with Crippen LogP contribution < -0.4 is 0 Å². The van der Waals surface area contributed by atoms with Crippen LogP contribution in [0.5, 0.6) is 0 Å². The summed E-state index contributed by atoms with van der Waals surface area (Å²) in [6.45, 7) is 3.05. The van der Waals surface area contributed by atoms with Gasteiger partial charge in [0.1, 0.15) is 17.3 Å². The molecule has 0 saturated carbocycles. The van der Waals surface area contributed by atoms with Gasteiger partial charge in [-0.3, -0.25) is 0 Å². The van der Waals surface area contributed by atoms with Crippen molar-refractivity contribution >= 4 is 11.6 Å². The smallest absolute Gasteiger partial charge is 0.130 e. The van der Waals surface area contributed by atoms with Crippen LogP contribution in [0.4, 0.5) is 0 Å². The molecule has 3 heteroatoms. The summed E-state index contributed by atoms with van der Waals surface area (Å²) in [5.41, 5.74) is 0. The summed E-state index contributed by atoms with van der Waals surface area (Å²) in [5, 5.41) is 0. The molecule has 0 saturated heterocycles. The number of carbonyl (C=O) groups excluding carboxylic acids is 2. The van der Waals surface area contributed by atoms with Crippen molar-refractivity contribution in [1.29, 1.82) is 0 Å². The summed E-state index contributed by atoms with van der Waals surface area (Å²) in [5.74, 6) is 0.774. The molecule has 1 aromatic rings. The molecule has 0 N–H and O–H groups in total. The summed E-state index contributed by atoms with van der Waals surface area (Å²) in [6, 6.07) is 3.57. The van der Waals surface area contributed by atoms with Crippen molar-refractivity contribution < 1.29 is 14.0 Å². The third kappa shape index (κ3) is 3.17. The lowest BCUT2D eigenvalue weighted by atomic mass is 9.95. The van der Waals surface area contributed by atoms with E-state index in [1.807, 2.05) is 0 Å². The van der Waals surface area contributed by atoms with E-state index in [1.54, 1.807) is 18.4 Å². The van der Waals surface area contributed by atoms with Crippen molar-refractivity contribution in [2.24, 2.45) is 0 Å². The summed E-state index contributed by atoms with van der Waals surface area (Å²) in [6.07, 6.45) is 2.29. The highest BCUT2D eigenvalue weighted by atomic mass is 16.3. The second-order valence-corrected chi connectivity index (χ2v) is 3.52. The van der Waals surface area contributed by atoms with Gasteiger partial charge in [0.15, 0.2) is 0 Å². The Morgan fingerprint density at radius 1 is 1.29 bits per heavy atom. The highest BCUT2D eigenvalue weighted by Gasteiger charge is 2.18. The number of Topliss-reactive ketones (excluding diaryl/α,β-unsaturated/α-hetero) is 2. The van der Waals surface area contributed by atoms with Gasteiger partial charge in [0.05, 0.1) is 6.26 Å². The Morgan fingerprint density at radius 2 is 1.86 bits per heavy atom. The molecule has 0 bridgehead atoms. The maximum atomic E-state index is 11.0. The second-order valence-electron chi connectivity index (χ2n) is 3.52. The van der Waals surface area contributed by atoms with Gasteiger partial charge in [-0.1, -0.05) is 0 Å². The minimum Gasteiger partial charge on any atom is -0.469 e. The van der Waals surface area contributed by atoms with E-state index in [0.717, 1.165) is 5.76 Å². The molecule has 0 spiro atoms. The van der Waals surface area contributed by atoms with Crippen molar-refractivity contribution in [3.63, 3.8) is 0 Å². The molecule has 0 atom stereocenters. The zero-order chi connectivity index (χ0) is 10.6. The van der Waals surface area contributed by atoms with E-state index in [-0.39, 0.29) is 17.5 Å². The molecule has 0 aliphatic carbocycles. The quantitative estimate of drug-likeness (QED) is 0.722. The van der Waals surface area contributed by atoms with Crippen LogP contribution >= 0.6 is 0 Å². The van der Waals surface area contributed by atoms with E-state index in [0.29, 0.717) is 12.8 Å². The van der Waals surface area contributed by atoms with Crippen molar-refractivity contribution in [3.8, 4) is 0 Å². The summed E-state index contributed by atoms with van der Waals surface area (Å²) in [7, 11) is 0. The number of ketones is 2. The highest BCUT2D eigenvalue weighted by molar-refractivity contribution is 5.80. The third-order valence-electron chi connectivity index (χ3n) is 2.01. The Bertz CT molecular complexity index is 295. The molecule has 0 aliphatic rings. The maximum Gasteiger partial charge on any atom is 0.130 e. The van der Waals surface area contributed by atoms with E-state index >= 15 is 0 Å². The van der Waals surface area contributed by atoms with Crippen LogP contribution in [0.2, 0.25) is 0 Å². The SMILES string of the molecule is CC(=O)CC(CC(C)=O)c1ccco1. The van der Waals surface area contributed by atoms with Crippen molar-refractivity contribution in [3.05, 3.63) is 24.2 Å². The third-order valence-corrected chi connectivity index (χ3v) is 2.01. The molecule has 0 radical (unpaired) electrons. The predicted molar refractivity (Wildman–Crippen MR) is 52.0 cm³/mol. The van der Waals surface area contributed by atoms with Gasteiger partial charge in [-0.05, 0) is 26.0 Å². The van der Waals surface area contributed by atoms with Crippen molar-refractivity contribution in [1.82, 2.24) is 0 Å². The molecule has 0 amide bonds. The van der Waals surface area contributed by atoms with Crippen LogP contribution in [0.25, 0.3) is 0 Å². The largest absolute Gasteiger partial charge is 0.469 e. The monoisotopic (exact) mass is 194 g/mol. The Morgan fingerprint density at radius 3 is 2.21 bits per heavy atom. The fourth-order valence-electron chi connectivity index (χ4n) is 1.49. The van der Waals surface area contributed by atoms with Crippen LogP contribution in [-0.2, 0) is 9.59 Å². The first-order valence-electron chi connectivity index (χ1n) is 4.62. The van der Waals surface area contributed by atoms with Gasteiger partial charge >= 0.3 is 0 Å². The second kappa shape index (κ2) is 4.74. The van der Waals surface area contributed by atoms with E-state index in [4.69, 9.17) is 4.42 Å². The van der Waals surface area contributed by atoms with Crippen LogP contribution in [0.15, 0.2) is 22.8 Å². The molecule has 14 heavy (non-hydrogen) atoms.